The molecule has 0 aromatic heterocycles. The summed E-state index contributed by atoms with van der Waals surface area (Å²) in [6.07, 6.45) is 0.829. The molecule has 0 aliphatic heterocycles. The van der Waals surface area contributed by atoms with E-state index in [1.165, 1.54) is 6.92 Å². The van der Waals surface area contributed by atoms with Crippen LogP contribution in [0.4, 0.5) is 0 Å². The van der Waals surface area contributed by atoms with Crippen LogP contribution in [0.25, 0.3) is 0 Å². The molecule has 0 aromatic carbocycles. The summed E-state index contributed by atoms with van der Waals surface area (Å²) in [5, 5.41) is 23.3. The average molecular weight is 274 g/mol. The van der Waals surface area contributed by atoms with Crippen LogP contribution in [0.3, 0.4) is 0 Å². The maximum absolute atomic E-state index is 11.6. The first-order valence-corrected chi connectivity index (χ1v) is 6.01. The monoisotopic (exact) mass is 274 g/mol. The van der Waals surface area contributed by atoms with Gasteiger partial charge in [-0.3, -0.25) is 9.59 Å². The molecule has 0 bridgehead atoms. The molecule has 0 spiro atoms. The number of ether oxygens (including phenoxy) is 1. The molecule has 0 heterocycles. The Morgan fingerprint density at radius 1 is 1.37 bits per heavy atom. The van der Waals surface area contributed by atoms with Gasteiger partial charge < -0.3 is 25.6 Å². The van der Waals surface area contributed by atoms with E-state index in [4.69, 9.17) is 9.84 Å². The van der Waals surface area contributed by atoms with Gasteiger partial charge in [0.15, 0.2) is 0 Å². The van der Waals surface area contributed by atoms with Gasteiger partial charge in [0.1, 0.15) is 6.04 Å². The Kier molecular flexibility index (Phi) is 8.77. The fraction of sp³-hybridized carbons (Fsp3) is 0.667. The smallest absolute Gasteiger partial charge is 0.325 e. The van der Waals surface area contributed by atoms with Crippen molar-refractivity contribution in [1.82, 2.24) is 10.6 Å². The fourth-order valence-corrected chi connectivity index (χ4v) is 1.15. The lowest BCUT2D eigenvalue weighted by atomic mass is 10.2. The highest BCUT2D eigenvalue weighted by molar-refractivity contribution is 5.86. The van der Waals surface area contributed by atoms with Crippen LogP contribution < -0.4 is 10.6 Å². The molecule has 0 aromatic rings. The molecule has 19 heavy (non-hydrogen) atoms. The van der Waals surface area contributed by atoms with Crippen molar-refractivity contribution in [2.75, 3.05) is 19.8 Å². The van der Waals surface area contributed by atoms with Gasteiger partial charge in [-0.05, 0) is 13.8 Å². The number of aliphatic hydroxyl groups is 1. The van der Waals surface area contributed by atoms with Gasteiger partial charge >= 0.3 is 5.97 Å². The summed E-state index contributed by atoms with van der Waals surface area (Å²) < 4.78 is 5.05. The molecule has 1 amide bonds. The minimum Gasteiger partial charge on any atom is -0.480 e. The Morgan fingerprint density at radius 2 is 2.00 bits per heavy atom. The third-order valence-electron chi connectivity index (χ3n) is 2.33. The molecule has 0 saturated heterocycles. The number of rotatable bonds is 10. The van der Waals surface area contributed by atoms with Gasteiger partial charge in [0.05, 0.1) is 25.4 Å². The molecular weight excluding hydrogens is 252 g/mol. The lowest BCUT2D eigenvalue weighted by Gasteiger charge is -2.18. The topological polar surface area (TPSA) is 108 Å². The zero-order chi connectivity index (χ0) is 14.8. The van der Waals surface area contributed by atoms with Crippen LogP contribution in [0.5, 0.6) is 0 Å². The van der Waals surface area contributed by atoms with E-state index in [0.29, 0.717) is 6.61 Å². The summed E-state index contributed by atoms with van der Waals surface area (Å²) in [5.41, 5.74) is 0. The van der Waals surface area contributed by atoms with Crippen molar-refractivity contribution in [1.29, 1.82) is 0 Å². The van der Waals surface area contributed by atoms with Crippen LogP contribution in [-0.2, 0) is 14.3 Å². The third kappa shape index (κ3) is 8.30. The van der Waals surface area contributed by atoms with Crippen molar-refractivity contribution in [3.63, 3.8) is 0 Å². The maximum Gasteiger partial charge on any atom is 0.325 e. The number of aliphatic hydroxyl groups excluding tert-OH is 1. The Bertz CT molecular complexity index is 308. The van der Waals surface area contributed by atoms with E-state index < -0.39 is 30.1 Å². The van der Waals surface area contributed by atoms with Crippen LogP contribution >= 0.6 is 0 Å². The molecule has 1 unspecified atom stereocenters. The summed E-state index contributed by atoms with van der Waals surface area (Å²) in [6.45, 7) is 7.10. The number of hydrogen-bond acceptors (Lipinski definition) is 5. The maximum atomic E-state index is 11.6. The number of nitrogens with one attached hydrogen (secondary N) is 2. The molecule has 3 atom stereocenters. The minimum absolute atomic E-state index is 0.138. The summed E-state index contributed by atoms with van der Waals surface area (Å²) in [7, 11) is 0. The van der Waals surface area contributed by atoms with Gasteiger partial charge in [-0.15, -0.1) is 6.58 Å². The average Bonchev–Trinajstić information content (AvgIpc) is 2.35. The molecule has 110 valence electrons. The normalized spacial score (nSPS) is 15.3. The Balaban J connectivity index is 3.89. The third-order valence-corrected chi connectivity index (χ3v) is 2.33. The summed E-state index contributed by atoms with van der Waals surface area (Å²) in [4.78, 5) is 22.1. The van der Waals surface area contributed by atoms with Gasteiger partial charge in [-0.25, -0.2) is 0 Å². The molecule has 0 rings (SSSR count). The Morgan fingerprint density at radius 3 is 2.53 bits per heavy atom. The standard InChI is InChI=1S/C12H22N2O5/c1-4-5-19-7-10(15)6-13-8(2)11(16)14-9(3)12(17)18/h4,8-10,13,15H,1,5-7H2,2-3H3,(H,14,16)(H,17,18)/t8-,9-,10?/m0/s1. The largest absolute Gasteiger partial charge is 0.480 e. The summed E-state index contributed by atoms with van der Waals surface area (Å²) >= 11 is 0. The van der Waals surface area contributed by atoms with Crippen molar-refractivity contribution in [2.24, 2.45) is 0 Å². The van der Waals surface area contributed by atoms with Crippen molar-refractivity contribution >= 4 is 11.9 Å². The number of aliphatic carboxylic acids is 1. The van der Waals surface area contributed by atoms with Gasteiger partial charge in [0.2, 0.25) is 5.91 Å². The van der Waals surface area contributed by atoms with Gasteiger partial charge in [0, 0.05) is 6.54 Å². The molecular formula is C12H22N2O5. The fourth-order valence-electron chi connectivity index (χ4n) is 1.15. The number of carbonyl (C=O) groups excluding carboxylic acids is 1. The zero-order valence-electron chi connectivity index (χ0n) is 11.3. The van der Waals surface area contributed by atoms with Crippen LogP contribution in [0.15, 0.2) is 12.7 Å². The second kappa shape index (κ2) is 9.48. The number of hydrogen-bond donors (Lipinski definition) is 4. The van der Waals surface area contributed by atoms with Crippen molar-refractivity contribution in [2.45, 2.75) is 32.0 Å². The highest BCUT2D eigenvalue weighted by Gasteiger charge is 2.19. The van der Waals surface area contributed by atoms with E-state index in [2.05, 4.69) is 17.2 Å². The molecule has 0 saturated carbocycles. The van der Waals surface area contributed by atoms with E-state index >= 15 is 0 Å². The highest BCUT2D eigenvalue weighted by Crippen LogP contribution is 1.90. The Hall–Kier alpha value is -1.44. The molecule has 0 aliphatic carbocycles. The van der Waals surface area contributed by atoms with E-state index in [1.807, 2.05) is 0 Å². The second-order valence-electron chi connectivity index (χ2n) is 4.18. The second-order valence-corrected chi connectivity index (χ2v) is 4.18. The van der Waals surface area contributed by atoms with Crippen LogP contribution in [-0.4, -0.2) is 60.0 Å². The first kappa shape index (κ1) is 17.6. The first-order valence-electron chi connectivity index (χ1n) is 6.01. The van der Waals surface area contributed by atoms with Crippen molar-refractivity contribution < 1.29 is 24.5 Å². The minimum atomic E-state index is -1.10. The molecule has 4 N–H and O–H groups in total. The van der Waals surface area contributed by atoms with Crippen molar-refractivity contribution in [3.05, 3.63) is 12.7 Å². The number of carboxylic acids is 1. The number of carbonyl (C=O) groups is 2. The molecule has 0 aliphatic rings. The Labute approximate surface area is 112 Å². The highest BCUT2D eigenvalue weighted by atomic mass is 16.5. The van der Waals surface area contributed by atoms with Crippen molar-refractivity contribution in [3.8, 4) is 0 Å². The predicted octanol–water partition coefficient (Wildman–Crippen LogP) is -0.883. The predicted molar refractivity (Wildman–Crippen MR) is 69.7 cm³/mol. The van der Waals surface area contributed by atoms with Crippen LogP contribution in [0.2, 0.25) is 0 Å². The zero-order valence-corrected chi connectivity index (χ0v) is 11.3. The van der Waals surface area contributed by atoms with Gasteiger partial charge in [0.25, 0.3) is 0 Å². The molecule has 0 fully saturated rings. The molecule has 7 heteroatoms. The number of amides is 1. The lowest BCUT2D eigenvalue weighted by molar-refractivity contribution is -0.141. The first-order chi connectivity index (χ1) is 8.88. The summed E-state index contributed by atoms with van der Waals surface area (Å²) in [5.74, 6) is -1.53. The molecule has 0 radical (unpaired) electrons. The van der Waals surface area contributed by atoms with E-state index in [0.717, 1.165) is 0 Å². The summed E-state index contributed by atoms with van der Waals surface area (Å²) in [6, 6.07) is -1.55. The van der Waals surface area contributed by atoms with Gasteiger partial charge in [-0.2, -0.15) is 0 Å². The number of carboxylic acid groups (broad SMARTS) is 1. The lowest BCUT2D eigenvalue weighted by Crippen LogP contribution is -2.49. The van der Waals surface area contributed by atoms with Crippen LogP contribution in [0.1, 0.15) is 13.8 Å². The molecule has 7 nitrogen and oxygen atoms in total. The van der Waals surface area contributed by atoms with E-state index in [-0.39, 0.29) is 13.2 Å². The SMILES string of the molecule is C=CCOCC(O)CN[C@@H](C)C(=O)N[C@@H](C)C(=O)O. The van der Waals surface area contributed by atoms with E-state index in [9.17, 15) is 14.7 Å². The van der Waals surface area contributed by atoms with E-state index in [1.54, 1.807) is 13.0 Å². The van der Waals surface area contributed by atoms with Crippen LogP contribution in [0, 0.1) is 0 Å². The quantitative estimate of drug-likeness (QED) is 0.304. The van der Waals surface area contributed by atoms with Gasteiger partial charge in [-0.1, -0.05) is 6.08 Å².